The molecule has 1 saturated heterocycles. The van der Waals surface area contributed by atoms with Crippen molar-refractivity contribution in [2.45, 2.75) is 82.8 Å². The molecular weight excluding hydrogens is 400 g/mol. The second-order valence-electron chi connectivity index (χ2n) is 9.90. The molecule has 32 heavy (non-hydrogen) atoms. The van der Waals surface area contributed by atoms with Gasteiger partial charge in [0.05, 0.1) is 6.04 Å². The molecule has 5 atom stereocenters. The third-order valence-corrected chi connectivity index (χ3v) is 7.61. The Balaban J connectivity index is 1.67. The number of carbonyl (C=O) groups is 2. The van der Waals surface area contributed by atoms with E-state index in [1.54, 1.807) is 6.08 Å². The summed E-state index contributed by atoms with van der Waals surface area (Å²) in [4.78, 5) is 28.1. The molecular formula is C26H42N4O2. The van der Waals surface area contributed by atoms with E-state index in [1.807, 2.05) is 0 Å². The van der Waals surface area contributed by atoms with Crippen molar-refractivity contribution in [2.24, 2.45) is 23.5 Å². The number of nitrogens with one attached hydrogen (secondary N) is 2. The van der Waals surface area contributed by atoms with Crippen molar-refractivity contribution in [2.75, 3.05) is 13.1 Å². The largest absolute Gasteiger partial charge is 0.362 e. The average Bonchev–Trinajstić information content (AvgIpc) is 3.47. The smallest absolute Gasteiger partial charge is 0.248 e. The second kappa shape index (κ2) is 11.2. The van der Waals surface area contributed by atoms with Gasteiger partial charge in [-0.3, -0.25) is 9.59 Å². The van der Waals surface area contributed by atoms with E-state index in [2.05, 4.69) is 42.2 Å². The maximum Gasteiger partial charge on any atom is 0.248 e. The maximum atomic E-state index is 13.5. The van der Waals surface area contributed by atoms with E-state index in [4.69, 9.17) is 5.73 Å². The second-order valence-corrected chi connectivity index (χ2v) is 9.90. The van der Waals surface area contributed by atoms with Gasteiger partial charge in [0.2, 0.25) is 11.8 Å². The zero-order valence-electron chi connectivity index (χ0n) is 19.8. The quantitative estimate of drug-likeness (QED) is 0.320. The molecule has 2 amide bonds. The Labute approximate surface area is 193 Å². The summed E-state index contributed by atoms with van der Waals surface area (Å²) in [6, 6.07) is -0.693. The molecule has 6 nitrogen and oxygen atoms in total. The van der Waals surface area contributed by atoms with Crippen LogP contribution in [0.2, 0.25) is 0 Å². The van der Waals surface area contributed by atoms with Crippen LogP contribution in [0.15, 0.2) is 37.1 Å². The van der Waals surface area contributed by atoms with Gasteiger partial charge in [-0.15, -0.1) is 6.58 Å². The fourth-order valence-corrected chi connectivity index (χ4v) is 5.49. The van der Waals surface area contributed by atoms with E-state index in [1.165, 1.54) is 19.3 Å². The van der Waals surface area contributed by atoms with Gasteiger partial charge in [-0.05, 0) is 43.4 Å². The van der Waals surface area contributed by atoms with E-state index < -0.39 is 0 Å². The van der Waals surface area contributed by atoms with Crippen LogP contribution in [-0.2, 0) is 9.59 Å². The van der Waals surface area contributed by atoms with Crippen LogP contribution in [0.3, 0.4) is 0 Å². The number of piperidine rings is 1. The molecule has 2 saturated carbocycles. The number of unbranched alkanes of at least 4 members (excludes halogenated alkanes) is 1. The van der Waals surface area contributed by atoms with Crippen LogP contribution in [0.25, 0.3) is 0 Å². The van der Waals surface area contributed by atoms with Crippen LogP contribution in [0, 0.1) is 17.8 Å². The summed E-state index contributed by atoms with van der Waals surface area (Å²) < 4.78 is 0. The van der Waals surface area contributed by atoms with Crippen LogP contribution in [0.4, 0.5) is 0 Å². The molecule has 0 spiro atoms. The van der Waals surface area contributed by atoms with Crippen molar-refractivity contribution in [3.8, 4) is 0 Å². The molecule has 6 heteroatoms. The molecule has 0 bridgehead atoms. The highest BCUT2D eigenvalue weighted by Crippen LogP contribution is 2.51. The van der Waals surface area contributed by atoms with Crippen LogP contribution in [-0.4, -0.2) is 47.9 Å². The van der Waals surface area contributed by atoms with Gasteiger partial charge in [0.15, 0.2) is 0 Å². The van der Waals surface area contributed by atoms with Crippen LogP contribution in [0.5, 0.6) is 0 Å². The first-order valence-corrected chi connectivity index (χ1v) is 12.5. The fraction of sp³-hybridized carbons (Fsp3) is 0.692. The number of rotatable bonds is 12. The molecule has 178 valence electrons. The molecule has 3 fully saturated rings. The number of likely N-dealkylation sites (tertiary alicyclic amines) is 1. The molecule has 1 aliphatic heterocycles. The average molecular weight is 443 g/mol. The third kappa shape index (κ3) is 5.64. The topological polar surface area (TPSA) is 87.5 Å². The minimum atomic E-state index is -0.368. The molecule has 0 radical (unpaired) electrons. The van der Waals surface area contributed by atoms with Gasteiger partial charge in [-0.1, -0.05) is 58.3 Å². The SMILES string of the molecule is C=CCNC(=O)C(=C)C(CCCC)NC(=O)C1[C@H]2C[C@H]2CN1C(=C)C(N)C1CCCCC1. The van der Waals surface area contributed by atoms with Crippen molar-refractivity contribution in [3.63, 3.8) is 0 Å². The Morgan fingerprint density at radius 2 is 1.94 bits per heavy atom. The lowest BCUT2D eigenvalue weighted by Gasteiger charge is -2.37. The first-order chi connectivity index (χ1) is 15.4. The number of hydrogen-bond acceptors (Lipinski definition) is 4. The first-order valence-electron chi connectivity index (χ1n) is 12.5. The Kier molecular flexibility index (Phi) is 8.57. The molecule has 0 aromatic heterocycles. The lowest BCUT2D eigenvalue weighted by Crippen LogP contribution is -2.52. The van der Waals surface area contributed by atoms with Gasteiger partial charge in [-0.25, -0.2) is 0 Å². The van der Waals surface area contributed by atoms with E-state index >= 15 is 0 Å². The van der Waals surface area contributed by atoms with E-state index in [0.29, 0.717) is 36.3 Å². The minimum absolute atomic E-state index is 0.0224. The molecule has 0 aromatic carbocycles. The Morgan fingerprint density at radius 3 is 2.59 bits per heavy atom. The number of amides is 2. The number of nitrogens with two attached hydrogens (primary N) is 1. The number of nitrogens with zero attached hydrogens (tertiary/aromatic N) is 1. The zero-order valence-corrected chi connectivity index (χ0v) is 19.8. The van der Waals surface area contributed by atoms with Crippen LogP contribution in [0.1, 0.15) is 64.7 Å². The normalized spacial score (nSPS) is 26.6. The molecule has 1 heterocycles. The van der Waals surface area contributed by atoms with Gasteiger partial charge in [0.1, 0.15) is 6.04 Å². The summed E-state index contributed by atoms with van der Waals surface area (Å²) in [5.74, 6) is 1.12. The molecule has 0 aromatic rings. The Morgan fingerprint density at radius 1 is 1.22 bits per heavy atom. The minimum Gasteiger partial charge on any atom is -0.362 e. The zero-order chi connectivity index (χ0) is 23.3. The van der Waals surface area contributed by atoms with Crippen molar-refractivity contribution >= 4 is 11.8 Å². The molecule has 3 unspecified atom stereocenters. The number of hydrogen-bond donors (Lipinski definition) is 3. The highest BCUT2D eigenvalue weighted by atomic mass is 16.2. The van der Waals surface area contributed by atoms with E-state index in [-0.39, 0.29) is 29.9 Å². The van der Waals surface area contributed by atoms with Gasteiger partial charge >= 0.3 is 0 Å². The molecule has 2 aliphatic carbocycles. The fourth-order valence-electron chi connectivity index (χ4n) is 5.49. The van der Waals surface area contributed by atoms with Crippen molar-refractivity contribution in [3.05, 3.63) is 37.1 Å². The van der Waals surface area contributed by atoms with Crippen LogP contribution < -0.4 is 16.4 Å². The van der Waals surface area contributed by atoms with Crippen molar-refractivity contribution in [1.82, 2.24) is 15.5 Å². The molecule has 4 N–H and O–H groups in total. The highest BCUT2D eigenvalue weighted by molar-refractivity contribution is 5.95. The van der Waals surface area contributed by atoms with Gasteiger partial charge < -0.3 is 21.3 Å². The van der Waals surface area contributed by atoms with Crippen molar-refractivity contribution < 1.29 is 9.59 Å². The van der Waals surface area contributed by atoms with Gasteiger partial charge in [-0.2, -0.15) is 0 Å². The summed E-state index contributed by atoms with van der Waals surface area (Å²) >= 11 is 0. The predicted octanol–water partition coefficient (Wildman–Crippen LogP) is 3.26. The lowest BCUT2D eigenvalue weighted by atomic mass is 9.83. The lowest BCUT2D eigenvalue weighted by molar-refractivity contribution is -0.126. The number of fused-ring (bicyclic) bond motifs is 1. The number of carbonyl (C=O) groups excluding carboxylic acids is 2. The van der Waals surface area contributed by atoms with Gasteiger partial charge in [0, 0.05) is 30.4 Å². The highest BCUT2D eigenvalue weighted by Gasteiger charge is 2.56. The monoisotopic (exact) mass is 442 g/mol. The summed E-state index contributed by atoms with van der Waals surface area (Å²) in [6.45, 7) is 15.3. The Bertz CT molecular complexity index is 727. The summed E-state index contributed by atoms with van der Waals surface area (Å²) in [5.41, 5.74) is 7.97. The summed E-state index contributed by atoms with van der Waals surface area (Å²) in [6.07, 6.45) is 11.4. The first kappa shape index (κ1) is 24.6. The maximum absolute atomic E-state index is 13.5. The summed E-state index contributed by atoms with van der Waals surface area (Å²) in [5, 5.41) is 5.94. The van der Waals surface area contributed by atoms with E-state index in [9.17, 15) is 9.59 Å². The summed E-state index contributed by atoms with van der Waals surface area (Å²) in [7, 11) is 0. The van der Waals surface area contributed by atoms with E-state index in [0.717, 1.165) is 44.3 Å². The van der Waals surface area contributed by atoms with Crippen molar-refractivity contribution in [1.29, 1.82) is 0 Å². The standard InChI is InChI=1S/C26H42N4O2/c1-5-7-13-22(17(3)25(31)28-14-6-2)29-26(32)24-21-15-20(21)16-30(24)18(4)23(27)19-11-9-8-10-12-19/h6,19-24H,2-5,7-16,27H2,1H3,(H,28,31)(H,29,32)/t20-,21-,22?,23?,24?/m0/s1. The van der Waals surface area contributed by atoms with Gasteiger partial charge in [0.25, 0.3) is 0 Å². The van der Waals surface area contributed by atoms with Crippen LogP contribution >= 0.6 is 0 Å². The predicted molar refractivity (Wildman–Crippen MR) is 130 cm³/mol. The third-order valence-electron chi connectivity index (χ3n) is 7.61. The molecule has 3 rings (SSSR count). The molecule has 3 aliphatic rings. The Hall–Kier alpha value is -2.08.